The van der Waals surface area contributed by atoms with Crippen molar-refractivity contribution in [2.75, 3.05) is 45.4 Å². The molecule has 1 N–H and O–H groups in total. The Kier molecular flexibility index (Phi) is 4.22. The van der Waals surface area contributed by atoms with Gasteiger partial charge in [-0.15, -0.1) is 0 Å². The first-order valence-electron chi connectivity index (χ1n) is 7.25. The number of aromatic nitrogens is 1. The maximum absolute atomic E-state index is 5.61. The first kappa shape index (κ1) is 14.1. The van der Waals surface area contributed by atoms with E-state index in [1.54, 1.807) is 7.11 Å². The van der Waals surface area contributed by atoms with Gasteiger partial charge in [-0.1, -0.05) is 6.07 Å². The molecule has 2 heterocycles. The van der Waals surface area contributed by atoms with Crippen molar-refractivity contribution in [3.8, 4) is 5.75 Å². The van der Waals surface area contributed by atoms with Crippen molar-refractivity contribution in [1.82, 2.24) is 10.3 Å². The molecule has 1 aliphatic rings. The standard InChI is InChI=1S/C16H21N3O2/c1-17-10-13-11-21-8-7-19(13)16-15-9-14(20-2)4-3-12(15)5-6-18-16/h3-6,9,13,17H,7-8,10-11H2,1-2H3. The average Bonchev–Trinajstić information content (AvgIpc) is 2.55. The van der Waals surface area contributed by atoms with Gasteiger partial charge in [0.05, 0.1) is 26.4 Å². The highest BCUT2D eigenvalue weighted by Crippen LogP contribution is 2.29. The zero-order valence-electron chi connectivity index (χ0n) is 12.5. The molecule has 0 saturated carbocycles. The van der Waals surface area contributed by atoms with Crippen LogP contribution in [0.25, 0.3) is 10.8 Å². The minimum Gasteiger partial charge on any atom is -0.497 e. The van der Waals surface area contributed by atoms with Gasteiger partial charge in [0.1, 0.15) is 11.6 Å². The van der Waals surface area contributed by atoms with Crippen LogP contribution in [0.4, 0.5) is 5.82 Å². The van der Waals surface area contributed by atoms with Crippen molar-refractivity contribution in [2.24, 2.45) is 0 Å². The molecular weight excluding hydrogens is 266 g/mol. The van der Waals surface area contributed by atoms with Crippen molar-refractivity contribution < 1.29 is 9.47 Å². The van der Waals surface area contributed by atoms with Gasteiger partial charge in [0.2, 0.25) is 0 Å². The fourth-order valence-corrected chi connectivity index (χ4v) is 2.83. The average molecular weight is 287 g/mol. The zero-order chi connectivity index (χ0) is 14.7. The number of likely N-dealkylation sites (N-methyl/N-ethyl adjacent to an activating group) is 1. The predicted molar refractivity (Wildman–Crippen MR) is 84.2 cm³/mol. The lowest BCUT2D eigenvalue weighted by atomic mass is 10.1. The molecule has 1 aromatic carbocycles. The van der Waals surface area contributed by atoms with Gasteiger partial charge < -0.3 is 19.7 Å². The van der Waals surface area contributed by atoms with Crippen LogP contribution in [0.3, 0.4) is 0 Å². The van der Waals surface area contributed by atoms with E-state index >= 15 is 0 Å². The summed E-state index contributed by atoms with van der Waals surface area (Å²) in [6, 6.07) is 8.45. The van der Waals surface area contributed by atoms with Crippen LogP contribution < -0.4 is 15.0 Å². The Morgan fingerprint density at radius 1 is 1.43 bits per heavy atom. The van der Waals surface area contributed by atoms with Crippen LogP contribution in [0, 0.1) is 0 Å². The van der Waals surface area contributed by atoms with E-state index in [0.717, 1.165) is 43.3 Å². The summed E-state index contributed by atoms with van der Waals surface area (Å²) in [7, 11) is 3.65. The van der Waals surface area contributed by atoms with E-state index in [9.17, 15) is 0 Å². The van der Waals surface area contributed by atoms with Crippen molar-refractivity contribution in [3.63, 3.8) is 0 Å². The topological polar surface area (TPSA) is 46.6 Å². The van der Waals surface area contributed by atoms with E-state index < -0.39 is 0 Å². The summed E-state index contributed by atoms with van der Waals surface area (Å²) in [5.74, 6) is 1.87. The van der Waals surface area contributed by atoms with E-state index in [4.69, 9.17) is 9.47 Å². The number of hydrogen-bond acceptors (Lipinski definition) is 5. The molecule has 1 unspecified atom stereocenters. The highest BCUT2D eigenvalue weighted by Gasteiger charge is 2.25. The van der Waals surface area contributed by atoms with Crippen molar-refractivity contribution >= 4 is 16.6 Å². The number of fused-ring (bicyclic) bond motifs is 1. The van der Waals surface area contributed by atoms with Crippen LogP contribution in [-0.2, 0) is 4.74 Å². The van der Waals surface area contributed by atoms with Gasteiger partial charge in [0.15, 0.2) is 0 Å². The largest absolute Gasteiger partial charge is 0.497 e. The highest BCUT2D eigenvalue weighted by atomic mass is 16.5. The monoisotopic (exact) mass is 287 g/mol. The summed E-state index contributed by atoms with van der Waals surface area (Å²) in [5.41, 5.74) is 0. The van der Waals surface area contributed by atoms with Crippen LogP contribution in [-0.4, -0.2) is 51.5 Å². The Morgan fingerprint density at radius 3 is 3.14 bits per heavy atom. The molecule has 5 nitrogen and oxygen atoms in total. The lowest BCUT2D eigenvalue weighted by Gasteiger charge is -2.37. The number of morpholine rings is 1. The second kappa shape index (κ2) is 6.28. The molecule has 3 rings (SSSR count). The summed E-state index contributed by atoms with van der Waals surface area (Å²) in [5, 5.41) is 5.53. The Balaban J connectivity index is 2.05. The number of ether oxygens (including phenoxy) is 2. The number of nitrogens with zero attached hydrogens (tertiary/aromatic N) is 2. The Hall–Kier alpha value is -1.85. The molecule has 1 fully saturated rings. The van der Waals surface area contributed by atoms with Gasteiger partial charge in [-0.05, 0) is 30.6 Å². The Morgan fingerprint density at radius 2 is 2.33 bits per heavy atom. The third-order valence-electron chi connectivity index (χ3n) is 3.89. The van der Waals surface area contributed by atoms with Gasteiger partial charge in [-0.3, -0.25) is 0 Å². The lowest BCUT2D eigenvalue weighted by Crippen LogP contribution is -2.50. The van der Waals surface area contributed by atoms with E-state index in [0.29, 0.717) is 6.04 Å². The zero-order valence-corrected chi connectivity index (χ0v) is 12.5. The summed E-state index contributed by atoms with van der Waals surface area (Å²) >= 11 is 0. The number of benzene rings is 1. The molecule has 0 spiro atoms. The molecule has 0 radical (unpaired) electrons. The van der Waals surface area contributed by atoms with Gasteiger partial charge in [-0.25, -0.2) is 4.98 Å². The van der Waals surface area contributed by atoms with E-state index in [1.165, 1.54) is 5.39 Å². The number of methoxy groups -OCH3 is 1. The van der Waals surface area contributed by atoms with Crippen LogP contribution in [0.2, 0.25) is 0 Å². The van der Waals surface area contributed by atoms with Gasteiger partial charge in [-0.2, -0.15) is 0 Å². The van der Waals surface area contributed by atoms with E-state index in [2.05, 4.69) is 27.3 Å². The summed E-state index contributed by atoms with van der Waals surface area (Å²) in [6.07, 6.45) is 1.87. The van der Waals surface area contributed by atoms with Gasteiger partial charge in [0, 0.05) is 24.7 Å². The lowest BCUT2D eigenvalue weighted by molar-refractivity contribution is 0.0941. The van der Waals surface area contributed by atoms with E-state index in [-0.39, 0.29) is 0 Å². The molecule has 1 saturated heterocycles. The normalized spacial score (nSPS) is 19.0. The van der Waals surface area contributed by atoms with Crippen molar-refractivity contribution in [3.05, 3.63) is 30.5 Å². The molecule has 1 atom stereocenters. The second-order valence-electron chi connectivity index (χ2n) is 5.20. The third-order valence-corrected chi connectivity index (χ3v) is 3.89. The summed E-state index contributed by atoms with van der Waals surface area (Å²) in [4.78, 5) is 6.96. The molecule has 0 aliphatic carbocycles. The molecule has 0 bridgehead atoms. The highest BCUT2D eigenvalue weighted by molar-refractivity contribution is 5.93. The van der Waals surface area contributed by atoms with Crippen molar-refractivity contribution in [1.29, 1.82) is 0 Å². The quantitative estimate of drug-likeness (QED) is 0.927. The molecule has 21 heavy (non-hydrogen) atoms. The molecule has 2 aromatic rings. The number of rotatable bonds is 4. The molecule has 0 amide bonds. The summed E-state index contributed by atoms with van der Waals surface area (Å²) < 4.78 is 11.0. The molecule has 5 heteroatoms. The molecule has 112 valence electrons. The second-order valence-corrected chi connectivity index (χ2v) is 5.20. The number of anilines is 1. The first-order chi connectivity index (χ1) is 10.3. The SMILES string of the molecule is CNCC1COCCN1c1nccc2ccc(OC)cc12. The number of nitrogens with one attached hydrogen (secondary N) is 1. The van der Waals surface area contributed by atoms with Crippen LogP contribution >= 0.6 is 0 Å². The maximum atomic E-state index is 5.61. The minimum atomic E-state index is 0.299. The van der Waals surface area contributed by atoms with Crippen LogP contribution in [0.1, 0.15) is 0 Å². The molecule has 1 aliphatic heterocycles. The Labute approximate surface area is 124 Å². The van der Waals surface area contributed by atoms with Crippen molar-refractivity contribution in [2.45, 2.75) is 6.04 Å². The smallest absolute Gasteiger partial charge is 0.136 e. The van der Waals surface area contributed by atoms with Crippen LogP contribution in [0.15, 0.2) is 30.5 Å². The van der Waals surface area contributed by atoms with Crippen LogP contribution in [0.5, 0.6) is 5.75 Å². The fraction of sp³-hybridized carbons (Fsp3) is 0.438. The Bertz CT molecular complexity index is 615. The predicted octanol–water partition coefficient (Wildman–Crippen LogP) is 1.67. The fourth-order valence-electron chi connectivity index (χ4n) is 2.83. The maximum Gasteiger partial charge on any atom is 0.136 e. The number of pyridine rings is 1. The number of hydrogen-bond donors (Lipinski definition) is 1. The summed E-state index contributed by atoms with van der Waals surface area (Å²) in [6.45, 7) is 3.20. The molecule has 1 aromatic heterocycles. The van der Waals surface area contributed by atoms with Gasteiger partial charge in [0.25, 0.3) is 0 Å². The minimum absolute atomic E-state index is 0.299. The third kappa shape index (κ3) is 2.80. The van der Waals surface area contributed by atoms with Gasteiger partial charge >= 0.3 is 0 Å². The van der Waals surface area contributed by atoms with E-state index in [1.807, 2.05) is 25.4 Å². The molecular formula is C16H21N3O2. The first-order valence-corrected chi connectivity index (χ1v) is 7.25.